The van der Waals surface area contributed by atoms with E-state index in [9.17, 15) is 0 Å². The van der Waals surface area contributed by atoms with Gasteiger partial charge in [0.25, 0.3) is 0 Å². The molecule has 0 spiro atoms. The summed E-state index contributed by atoms with van der Waals surface area (Å²) < 4.78 is 5.98. The maximum Gasteiger partial charge on any atom is 0.125 e. The summed E-state index contributed by atoms with van der Waals surface area (Å²) in [6.07, 6.45) is 3.10. The van der Waals surface area contributed by atoms with Crippen LogP contribution in [0.5, 0.6) is 0 Å². The molecular weight excluding hydrogens is 246 g/mol. The Morgan fingerprint density at radius 3 is 2.45 bits per heavy atom. The standard InChI is InChI=1S/C18H25NO/c1-4-13-19-18(17-12-11-15(6-3)20-17)16-10-8-7-9-14(16)5-2/h7-12,18-19H,4-6,13H2,1-3H3. The van der Waals surface area contributed by atoms with Gasteiger partial charge in [-0.1, -0.05) is 45.0 Å². The summed E-state index contributed by atoms with van der Waals surface area (Å²) in [4.78, 5) is 0. The van der Waals surface area contributed by atoms with E-state index in [-0.39, 0.29) is 6.04 Å². The van der Waals surface area contributed by atoms with Crippen LogP contribution in [0.1, 0.15) is 55.9 Å². The van der Waals surface area contributed by atoms with Crippen LogP contribution in [-0.2, 0) is 12.8 Å². The van der Waals surface area contributed by atoms with Gasteiger partial charge in [-0.15, -0.1) is 0 Å². The van der Waals surface area contributed by atoms with Crippen molar-refractivity contribution in [2.45, 2.75) is 46.1 Å². The zero-order valence-corrected chi connectivity index (χ0v) is 12.8. The second kappa shape index (κ2) is 7.30. The molecule has 0 saturated carbocycles. The maximum absolute atomic E-state index is 5.98. The lowest BCUT2D eigenvalue weighted by molar-refractivity contribution is 0.421. The van der Waals surface area contributed by atoms with Gasteiger partial charge in [0.1, 0.15) is 11.5 Å². The zero-order chi connectivity index (χ0) is 14.4. The van der Waals surface area contributed by atoms with E-state index in [2.05, 4.69) is 62.5 Å². The van der Waals surface area contributed by atoms with Gasteiger partial charge < -0.3 is 9.73 Å². The van der Waals surface area contributed by atoms with Gasteiger partial charge in [0.15, 0.2) is 0 Å². The first kappa shape index (κ1) is 14.9. The molecule has 0 fully saturated rings. The van der Waals surface area contributed by atoms with Crippen molar-refractivity contribution in [1.29, 1.82) is 0 Å². The van der Waals surface area contributed by atoms with Gasteiger partial charge in [0.2, 0.25) is 0 Å². The lowest BCUT2D eigenvalue weighted by atomic mass is 9.97. The SMILES string of the molecule is CCCNC(c1ccc(CC)o1)c1ccccc1CC. The van der Waals surface area contributed by atoms with Crippen LogP contribution in [0.25, 0.3) is 0 Å². The summed E-state index contributed by atoms with van der Waals surface area (Å²) in [7, 11) is 0. The van der Waals surface area contributed by atoms with E-state index < -0.39 is 0 Å². The molecule has 0 amide bonds. The van der Waals surface area contributed by atoms with Crippen LogP contribution >= 0.6 is 0 Å². The molecule has 2 rings (SSSR count). The molecule has 20 heavy (non-hydrogen) atoms. The van der Waals surface area contributed by atoms with Crippen molar-refractivity contribution in [3.8, 4) is 0 Å². The van der Waals surface area contributed by atoms with E-state index in [4.69, 9.17) is 4.42 Å². The van der Waals surface area contributed by atoms with E-state index in [0.29, 0.717) is 0 Å². The number of aryl methyl sites for hydroxylation is 2. The van der Waals surface area contributed by atoms with Crippen molar-refractivity contribution >= 4 is 0 Å². The van der Waals surface area contributed by atoms with Gasteiger partial charge >= 0.3 is 0 Å². The van der Waals surface area contributed by atoms with Crippen LogP contribution in [0.15, 0.2) is 40.8 Å². The Kier molecular flexibility index (Phi) is 5.42. The summed E-state index contributed by atoms with van der Waals surface area (Å²) in [5.74, 6) is 2.08. The number of furan rings is 1. The van der Waals surface area contributed by atoms with Crippen LogP contribution in [0.2, 0.25) is 0 Å². The van der Waals surface area contributed by atoms with Gasteiger partial charge in [-0.2, -0.15) is 0 Å². The molecule has 2 nitrogen and oxygen atoms in total. The first-order chi connectivity index (χ1) is 9.80. The number of nitrogens with one attached hydrogen (secondary N) is 1. The van der Waals surface area contributed by atoms with E-state index >= 15 is 0 Å². The summed E-state index contributed by atoms with van der Waals surface area (Å²) in [6, 6.07) is 13.0. The molecule has 1 unspecified atom stereocenters. The third kappa shape index (κ3) is 3.31. The van der Waals surface area contributed by atoms with Gasteiger partial charge in [0.05, 0.1) is 6.04 Å². The highest BCUT2D eigenvalue weighted by Gasteiger charge is 2.19. The molecule has 1 aromatic carbocycles. The van der Waals surface area contributed by atoms with E-state index in [1.165, 1.54) is 11.1 Å². The predicted molar refractivity (Wildman–Crippen MR) is 84.0 cm³/mol. The fourth-order valence-electron chi connectivity index (χ4n) is 2.53. The third-order valence-electron chi connectivity index (χ3n) is 3.66. The first-order valence-electron chi connectivity index (χ1n) is 7.69. The lowest BCUT2D eigenvalue weighted by Gasteiger charge is -2.19. The number of benzene rings is 1. The van der Waals surface area contributed by atoms with Crippen LogP contribution < -0.4 is 5.32 Å². The fourth-order valence-corrected chi connectivity index (χ4v) is 2.53. The van der Waals surface area contributed by atoms with Gasteiger partial charge in [0, 0.05) is 6.42 Å². The summed E-state index contributed by atoms with van der Waals surface area (Å²) >= 11 is 0. The largest absolute Gasteiger partial charge is 0.464 e. The van der Waals surface area contributed by atoms with Gasteiger partial charge in [-0.05, 0) is 42.6 Å². The van der Waals surface area contributed by atoms with Crippen LogP contribution in [0, 0.1) is 0 Å². The monoisotopic (exact) mass is 271 g/mol. The molecular formula is C18H25NO. The molecule has 1 heterocycles. The smallest absolute Gasteiger partial charge is 0.125 e. The fraction of sp³-hybridized carbons (Fsp3) is 0.444. The molecule has 2 aromatic rings. The third-order valence-corrected chi connectivity index (χ3v) is 3.66. The molecule has 108 valence electrons. The highest BCUT2D eigenvalue weighted by Crippen LogP contribution is 2.27. The molecule has 0 bridgehead atoms. The second-order valence-corrected chi connectivity index (χ2v) is 5.10. The van der Waals surface area contributed by atoms with Crippen molar-refractivity contribution in [3.63, 3.8) is 0 Å². The Hall–Kier alpha value is -1.54. The maximum atomic E-state index is 5.98. The zero-order valence-electron chi connectivity index (χ0n) is 12.8. The normalized spacial score (nSPS) is 12.6. The second-order valence-electron chi connectivity index (χ2n) is 5.10. The number of hydrogen-bond donors (Lipinski definition) is 1. The van der Waals surface area contributed by atoms with Crippen molar-refractivity contribution in [3.05, 3.63) is 59.0 Å². The lowest BCUT2D eigenvalue weighted by Crippen LogP contribution is -2.23. The summed E-state index contributed by atoms with van der Waals surface area (Å²) in [5.41, 5.74) is 2.72. The molecule has 0 radical (unpaired) electrons. The molecule has 0 saturated heterocycles. The summed E-state index contributed by atoms with van der Waals surface area (Å²) in [5, 5.41) is 3.62. The van der Waals surface area contributed by atoms with Crippen molar-refractivity contribution < 1.29 is 4.42 Å². The van der Waals surface area contributed by atoms with Crippen LogP contribution in [0.4, 0.5) is 0 Å². The number of hydrogen-bond acceptors (Lipinski definition) is 2. The van der Waals surface area contributed by atoms with E-state index in [1.807, 2.05) is 0 Å². The van der Waals surface area contributed by atoms with E-state index in [0.717, 1.165) is 37.3 Å². The minimum absolute atomic E-state index is 0.159. The van der Waals surface area contributed by atoms with Crippen molar-refractivity contribution in [2.75, 3.05) is 6.54 Å². The van der Waals surface area contributed by atoms with Crippen LogP contribution in [-0.4, -0.2) is 6.54 Å². The van der Waals surface area contributed by atoms with Gasteiger partial charge in [-0.25, -0.2) is 0 Å². The van der Waals surface area contributed by atoms with Gasteiger partial charge in [-0.3, -0.25) is 0 Å². The molecule has 2 heteroatoms. The van der Waals surface area contributed by atoms with Crippen molar-refractivity contribution in [2.24, 2.45) is 0 Å². The first-order valence-corrected chi connectivity index (χ1v) is 7.69. The molecule has 0 aliphatic carbocycles. The number of rotatable bonds is 7. The average Bonchev–Trinajstić information content (AvgIpc) is 2.97. The Labute approximate surface area is 122 Å². The average molecular weight is 271 g/mol. The summed E-state index contributed by atoms with van der Waals surface area (Å²) in [6.45, 7) is 7.51. The Bertz CT molecular complexity index is 530. The minimum Gasteiger partial charge on any atom is -0.464 e. The highest BCUT2D eigenvalue weighted by molar-refractivity contribution is 5.35. The molecule has 0 aliphatic heterocycles. The predicted octanol–water partition coefficient (Wildman–Crippen LogP) is 4.49. The highest BCUT2D eigenvalue weighted by atomic mass is 16.3. The Morgan fingerprint density at radius 1 is 1.00 bits per heavy atom. The molecule has 1 atom stereocenters. The topological polar surface area (TPSA) is 25.2 Å². The molecule has 0 aliphatic rings. The Balaban J connectivity index is 2.35. The molecule has 1 N–H and O–H groups in total. The molecule has 1 aromatic heterocycles. The van der Waals surface area contributed by atoms with Crippen LogP contribution in [0.3, 0.4) is 0 Å². The van der Waals surface area contributed by atoms with Crippen molar-refractivity contribution in [1.82, 2.24) is 5.32 Å². The van der Waals surface area contributed by atoms with E-state index in [1.54, 1.807) is 0 Å². The Morgan fingerprint density at radius 2 is 1.80 bits per heavy atom. The quantitative estimate of drug-likeness (QED) is 0.802. The minimum atomic E-state index is 0.159.